The van der Waals surface area contributed by atoms with Gasteiger partial charge in [0.1, 0.15) is 5.82 Å². The Kier molecular flexibility index (Phi) is 6.14. The molecule has 3 atom stereocenters. The molecule has 1 fully saturated rings. The van der Waals surface area contributed by atoms with E-state index in [9.17, 15) is 4.79 Å². The second-order valence-electron chi connectivity index (χ2n) is 9.03. The largest absolute Gasteiger partial charge is 0.355 e. The van der Waals surface area contributed by atoms with Crippen LogP contribution in [0.4, 0.5) is 5.82 Å². The number of nitrogens with two attached hydrogens (primary N) is 1. The van der Waals surface area contributed by atoms with E-state index >= 15 is 0 Å². The van der Waals surface area contributed by atoms with E-state index < -0.39 is 0 Å². The summed E-state index contributed by atoms with van der Waals surface area (Å²) >= 11 is 0. The molecule has 8 heteroatoms. The lowest BCUT2D eigenvalue weighted by molar-refractivity contribution is -0.133. The van der Waals surface area contributed by atoms with Gasteiger partial charge in [-0.05, 0) is 44.2 Å². The van der Waals surface area contributed by atoms with Crippen molar-refractivity contribution in [3.8, 4) is 0 Å². The van der Waals surface area contributed by atoms with Crippen molar-refractivity contribution in [1.29, 1.82) is 0 Å². The predicted molar refractivity (Wildman–Crippen MR) is 128 cm³/mol. The van der Waals surface area contributed by atoms with Crippen molar-refractivity contribution in [2.24, 2.45) is 5.73 Å². The van der Waals surface area contributed by atoms with Gasteiger partial charge in [0.2, 0.25) is 5.91 Å². The number of fused-ring (bicyclic) bond motifs is 2. The highest BCUT2D eigenvalue weighted by atomic mass is 35.5. The molecule has 1 aromatic carbocycles. The van der Waals surface area contributed by atoms with Crippen LogP contribution >= 0.6 is 12.4 Å². The van der Waals surface area contributed by atoms with E-state index in [2.05, 4.69) is 24.0 Å². The van der Waals surface area contributed by atoms with Crippen molar-refractivity contribution >= 4 is 29.8 Å². The van der Waals surface area contributed by atoms with Crippen molar-refractivity contribution in [3.05, 3.63) is 58.9 Å². The van der Waals surface area contributed by atoms with Crippen molar-refractivity contribution in [2.45, 2.75) is 51.1 Å². The molecule has 0 bridgehead atoms. The van der Waals surface area contributed by atoms with Crippen LogP contribution in [0, 0.1) is 6.92 Å². The Hall–Kier alpha value is -2.64. The van der Waals surface area contributed by atoms with Gasteiger partial charge in [-0.3, -0.25) is 4.79 Å². The zero-order valence-electron chi connectivity index (χ0n) is 18.9. The summed E-state index contributed by atoms with van der Waals surface area (Å²) in [7, 11) is 1.88. The molecular weight excluding hydrogens is 424 g/mol. The molecule has 1 aliphatic carbocycles. The fourth-order valence-electron chi connectivity index (χ4n) is 4.97. The van der Waals surface area contributed by atoms with Gasteiger partial charge >= 0.3 is 0 Å². The normalized spacial score (nSPS) is 20.8. The van der Waals surface area contributed by atoms with Crippen molar-refractivity contribution in [2.75, 3.05) is 25.0 Å². The number of nitrogens with zero attached hydrogens (tertiary/aromatic N) is 5. The quantitative estimate of drug-likeness (QED) is 0.654. The third kappa shape index (κ3) is 3.84. The van der Waals surface area contributed by atoms with Crippen LogP contribution < -0.4 is 10.6 Å². The predicted octanol–water partition coefficient (Wildman–Crippen LogP) is 3.25. The number of anilines is 1. The molecule has 1 amide bonds. The van der Waals surface area contributed by atoms with Crippen LogP contribution in [0.25, 0.3) is 5.65 Å². The molecule has 1 aliphatic heterocycles. The number of amides is 1. The second kappa shape index (κ2) is 8.71. The molecule has 32 heavy (non-hydrogen) atoms. The van der Waals surface area contributed by atoms with E-state index in [0.29, 0.717) is 0 Å². The molecule has 2 N–H and O–H groups in total. The Morgan fingerprint density at radius 1 is 1.28 bits per heavy atom. The van der Waals surface area contributed by atoms with Gasteiger partial charge in [0, 0.05) is 44.0 Å². The standard InChI is InChI=1S/C24H30N6O.ClH/c1-15-13-30-22(26-23(15)29-11-10-18(25)14-29)12-21(27-30)16(2)28(3)24(31)20-9-8-17-6-4-5-7-19(17)20;/h4-7,12-13,16,18,20H,8-11,14,25H2,1-3H3;1H/t16-,18-,20?;/m0./s1. The molecule has 5 rings (SSSR count). The van der Waals surface area contributed by atoms with Crippen LogP contribution in [0.15, 0.2) is 36.5 Å². The van der Waals surface area contributed by atoms with Gasteiger partial charge in [-0.2, -0.15) is 5.10 Å². The van der Waals surface area contributed by atoms with Crippen LogP contribution in [0.3, 0.4) is 0 Å². The lowest BCUT2D eigenvalue weighted by Gasteiger charge is -2.26. The minimum Gasteiger partial charge on any atom is -0.355 e. The smallest absolute Gasteiger partial charge is 0.230 e. The number of benzene rings is 1. The third-order valence-corrected chi connectivity index (χ3v) is 6.94. The van der Waals surface area contributed by atoms with Gasteiger partial charge < -0.3 is 15.5 Å². The zero-order chi connectivity index (χ0) is 21.7. The number of aryl methyl sites for hydroxylation is 2. The average Bonchev–Trinajstić information content (AvgIpc) is 3.49. The highest BCUT2D eigenvalue weighted by Gasteiger charge is 2.33. The first-order chi connectivity index (χ1) is 14.9. The maximum atomic E-state index is 13.3. The number of carbonyl (C=O) groups excluding carboxylic acids is 1. The summed E-state index contributed by atoms with van der Waals surface area (Å²) in [4.78, 5) is 22.3. The van der Waals surface area contributed by atoms with Gasteiger partial charge in [0.15, 0.2) is 5.65 Å². The maximum absolute atomic E-state index is 13.3. The first-order valence-corrected chi connectivity index (χ1v) is 11.1. The van der Waals surface area contributed by atoms with E-state index in [0.717, 1.165) is 55.1 Å². The Bertz CT molecular complexity index is 1140. The summed E-state index contributed by atoms with van der Waals surface area (Å²) in [5.41, 5.74) is 11.3. The molecule has 170 valence electrons. The molecule has 0 spiro atoms. The molecule has 1 saturated heterocycles. The maximum Gasteiger partial charge on any atom is 0.230 e. The Labute approximate surface area is 195 Å². The Balaban J connectivity index is 0.00000245. The molecule has 3 aromatic rings. The summed E-state index contributed by atoms with van der Waals surface area (Å²) in [6.07, 6.45) is 4.86. The summed E-state index contributed by atoms with van der Waals surface area (Å²) in [5.74, 6) is 1.07. The number of halogens is 1. The monoisotopic (exact) mass is 454 g/mol. The summed E-state index contributed by atoms with van der Waals surface area (Å²) < 4.78 is 1.82. The molecule has 1 unspecified atom stereocenters. The number of likely N-dealkylation sites (N-methyl/N-ethyl adjacent to an activating group) is 1. The first-order valence-electron chi connectivity index (χ1n) is 11.1. The lowest BCUT2D eigenvalue weighted by Crippen LogP contribution is -2.33. The average molecular weight is 455 g/mol. The van der Waals surface area contributed by atoms with Crippen molar-refractivity contribution in [1.82, 2.24) is 19.5 Å². The molecule has 7 nitrogen and oxygen atoms in total. The zero-order valence-corrected chi connectivity index (χ0v) is 19.7. The summed E-state index contributed by atoms with van der Waals surface area (Å²) in [5, 5.41) is 4.75. The Morgan fingerprint density at radius 3 is 2.81 bits per heavy atom. The SMILES string of the molecule is Cc1cn2nc([C@H](C)N(C)C(=O)C3CCc4ccccc43)cc2nc1N1CC[C@H](N)C1.Cl. The minimum atomic E-state index is -0.133. The summed E-state index contributed by atoms with van der Waals surface area (Å²) in [6.45, 7) is 5.86. The summed E-state index contributed by atoms with van der Waals surface area (Å²) in [6, 6.07) is 10.4. The van der Waals surface area contributed by atoms with E-state index in [1.54, 1.807) is 0 Å². The van der Waals surface area contributed by atoms with E-state index in [4.69, 9.17) is 15.8 Å². The number of rotatable bonds is 4. The van der Waals surface area contributed by atoms with Gasteiger partial charge in [-0.25, -0.2) is 9.50 Å². The number of hydrogen-bond donors (Lipinski definition) is 1. The highest BCUT2D eigenvalue weighted by Crippen LogP contribution is 2.35. The highest BCUT2D eigenvalue weighted by molar-refractivity contribution is 5.85. The van der Waals surface area contributed by atoms with Gasteiger partial charge in [0.25, 0.3) is 0 Å². The fourth-order valence-corrected chi connectivity index (χ4v) is 4.97. The fraction of sp³-hybridized carbons (Fsp3) is 0.458. The molecular formula is C24H31ClN6O. The van der Waals surface area contributed by atoms with Gasteiger partial charge in [0.05, 0.1) is 17.7 Å². The van der Waals surface area contributed by atoms with E-state index in [1.165, 1.54) is 11.1 Å². The number of hydrogen-bond acceptors (Lipinski definition) is 5. The number of carbonyl (C=O) groups is 1. The van der Waals surface area contributed by atoms with Gasteiger partial charge in [-0.15, -0.1) is 12.4 Å². The van der Waals surface area contributed by atoms with E-state index in [-0.39, 0.29) is 36.3 Å². The molecule has 0 saturated carbocycles. The lowest BCUT2D eigenvalue weighted by atomic mass is 9.99. The molecule has 3 heterocycles. The molecule has 2 aromatic heterocycles. The minimum absolute atomic E-state index is 0. The topological polar surface area (TPSA) is 79.8 Å². The van der Waals surface area contributed by atoms with E-state index in [1.807, 2.05) is 47.8 Å². The van der Waals surface area contributed by atoms with Gasteiger partial charge in [-0.1, -0.05) is 24.3 Å². The van der Waals surface area contributed by atoms with Crippen LogP contribution in [-0.2, 0) is 11.2 Å². The van der Waals surface area contributed by atoms with Crippen LogP contribution in [0.1, 0.15) is 54.1 Å². The van der Waals surface area contributed by atoms with Crippen LogP contribution in [0.2, 0.25) is 0 Å². The third-order valence-electron chi connectivity index (χ3n) is 6.94. The van der Waals surface area contributed by atoms with Crippen LogP contribution in [0.5, 0.6) is 0 Å². The van der Waals surface area contributed by atoms with Crippen LogP contribution in [-0.4, -0.2) is 51.6 Å². The Morgan fingerprint density at radius 2 is 2.06 bits per heavy atom. The first kappa shape index (κ1) is 22.6. The van der Waals surface area contributed by atoms with Crippen molar-refractivity contribution < 1.29 is 4.79 Å². The van der Waals surface area contributed by atoms with Crippen molar-refractivity contribution in [3.63, 3.8) is 0 Å². The number of aromatic nitrogens is 3. The molecule has 0 radical (unpaired) electrons. The molecule has 2 aliphatic rings. The second-order valence-corrected chi connectivity index (χ2v) is 9.03.